The predicted molar refractivity (Wildman–Crippen MR) is 91.1 cm³/mol. The molecule has 25 heavy (non-hydrogen) atoms. The molecule has 0 spiro atoms. The molecule has 1 saturated heterocycles. The lowest BCUT2D eigenvalue weighted by atomic mass is 9.98. The van der Waals surface area contributed by atoms with Gasteiger partial charge in [0.15, 0.2) is 5.69 Å². The summed E-state index contributed by atoms with van der Waals surface area (Å²) in [4.78, 5) is 25.5. The molecule has 1 fully saturated rings. The molecular formula is C18H21N3O4. The maximum absolute atomic E-state index is 12.7. The zero-order valence-corrected chi connectivity index (χ0v) is 14.3. The SMILES string of the molecule is COc1ccc(-n2nc(C(=O)N3CCCC(C(=O)O)C3)cc2C)cc1. The minimum Gasteiger partial charge on any atom is -0.497 e. The second-order valence-electron chi connectivity index (χ2n) is 6.21. The summed E-state index contributed by atoms with van der Waals surface area (Å²) >= 11 is 0. The van der Waals surface area contributed by atoms with E-state index in [1.54, 1.807) is 22.8 Å². The monoisotopic (exact) mass is 343 g/mol. The fraction of sp³-hybridized carbons (Fsp3) is 0.389. The van der Waals surface area contributed by atoms with Crippen LogP contribution in [0.25, 0.3) is 5.69 Å². The van der Waals surface area contributed by atoms with E-state index >= 15 is 0 Å². The van der Waals surface area contributed by atoms with Crippen molar-refractivity contribution in [1.29, 1.82) is 0 Å². The summed E-state index contributed by atoms with van der Waals surface area (Å²) < 4.78 is 6.85. The van der Waals surface area contributed by atoms with Crippen LogP contribution < -0.4 is 4.74 Å². The number of aryl methyl sites for hydroxylation is 1. The Morgan fingerprint density at radius 3 is 2.64 bits per heavy atom. The van der Waals surface area contributed by atoms with Gasteiger partial charge in [-0.2, -0.15) is 5.10 Å². The van der Waals surface area contributed by atoms with Crippen LogP contribution in [0.3, 0.4) is 0 Å². The second kappa shape index (κ2) is 6.96. The highest BCUT2D eigenvalue weighted by Crippen LogP contribution is 2.21. The first kappa shape index (κ1) is 17.0. The Kier molecular flexibility index (Phi) is 4.74. The van der Waals surface area contributed by atoms with Crippen molar-refractivity contribution in [1.82, 2.24) is 14.7 Å². The van der Waals surface area contributed by atoms with Crippen LogP contribution in [0, 0.1) is 12.8 Å². The lowest BCUT2D eigenvalue weighted by molar-refractivity contribution is -0.143. The van der Waals surface area contributed by atoms with Gasteiger partial charge in [-0.3, -0.25) is 9.59 Å². The Morgan fingerprint density at radius 2 is 2.00 bits per heavy atom. The van der Waals surface area contributed by atoms with Gasteiger partial charge < -0.3 is 14.7 Å². The molecule has 132 valence electrons. The molecule has 0 aliphatic carbocycles. The Hall–Kier alpha value is -2.83. The average molecular weight is 343 g/mol. The van der Waals surface area contributed by atoms with Gasteiger partial charge >= 0.3 is 5.97 Å². The molecule has 0 bridgehead atoms. The molecule has 1 aromatic carbocycles. The fourth-order valence-electron chi connectivity index (χ4n) is 3.09. The first-order chi connectivity index (χ1) is 12.0. The summed E-state index contributed by atoms with van der Waals surface area (Å²) in [5.74, 6) is -0.820. The smallest absolute Gasteiger partial charge is 0.308 e. The molecule has 7 heteroatoms. The van der Waals surface area contributed by atoms with Crippen LogP contribution in [-0.2, 0) is 4.79 Å². The lowest BCUT2D eigenvalue weighted by Gasteiger charge is -2.30. The summed E-state index contributed by atoms with van der Waals surface area (Å²) in [6.07, 6.45) is 1.30. The molecule has 1 unspecified atom stereocenters. The molecule has 0 saturated carbocycles. The number of likely N-dealkylation sites (tertiary alicyclic amines) is 1. The number of carboxylic acids is 1. The highest BCUT2D eigenvalue weighted by atomic mass is 16.5. The number of carbonyl (C=O) groups excluding carboxylic acids is 1. The molecule has 1 aliphatic rings. The molecule has 1 aromatic heterocycles. The summed E-state index contributed by atoms with van der Waals surface area (Å²) in [5.41, 5.74) is 2.00. The van der Waals surface area contributed by atoms with Gasteiger partial charge in [0.1, 0.15) is 5.75 Å². The third-order valence-corrected chi connectivity index (χ3v) is 4.48. The van der Waals surface area contributed by atoms with Crippen molar-refractivity contribution in [3.8, 4) is 11.4 Å². The third kappa shape index (κ3) is 3.50. The molecule has 0 radical (unpaired) electrons. The second-order valence-corrected chi connectivity index (χ2v) is 6.21. The van der Waals surface area contributed by atoms with Crippen molar-refractivity contribution in [2.75, 3.05) is 20.2 Å². The lowest BCUT2D eigenvalue weighted by Crippen LogP contribution is -2.42. The summed E-state index contributed by atoms with van der Waals surface area (Å²) in [7, 11) is 1.61. The van der Waals surface area contributed by atoms with E-state index < -0.39 is 11.9 Å². The van der Waals surface area contributed by atoms with E-state index in [0.717, 1.165) is 17.1 Å². The van der Waals surface area contributed by atoms with E-state index in [4.69, 9.17) is 4.74 Å². The number of piperidine rings is 1. The Morgan fingerprint density at radius 1 is 1.28 bits per heavy atom. The van der Waals surface area contributed by atoms with Crippen LogP contribution >= 0.6 is 0 Å². The molecule has 2 aromatic rings. The van der Waals surface area contributed by atoms with Gasteiger partial charge in [-0.05, 0) is 50.1 Å². The number of ether oxygens (including phenoxy) is 1. The molecule has 1 atom stereocenters. The molecule has 7 nitrogen and oxygen atoms in total. The van der Waals surface area contributed by atoms with E-state index in [1.165, 1.54) is 0 Å². The average Bonchev–Trinajstić information content (AvgIpc) is 3.03. The minimum absolute atomic E-state index is 0.221. The largest absolute Gasteiger partial charge is 0.497 e. The number of methoxy groups -OCH3 is 1. The number of amides is 1. The van der Waals surface area contributed by atoms with E-state index in [1.807, 2.05) is 31.2 Å². The van der Waals surface area contributed by atoms with Crippen LogP contribution in [0.5, 0.6) is 5.75 Å². The Balaban J connectivity index is 1.81. The first-order valence-corrected chi connectivity index (χ1v) is 8.22. The van der Waals surface area contributed by atoms with Crippen LogP contribution in [0.15, 0.2) is 30.3 Å². The van der Waals surface area contributed by atoms with Gasteiger partial charge in [0, 0.05) is 18.8 Å². The number of aromatic nitrogens is 2. The number of carboxylic acid groups (broad SMARTS) is 1. The zero-order valence-electron chi connectivity index (χ0n) is 14.3. The highest BCUT2D eigenvalue weighted by Gasteiger charge is 2.29. The van der Waals surface area contributed by atoms with Crippen molar-refractivity contribution in [3.05, 3.63) is 41.7 Å². The molecule has 2 heterocycles. The summed E-state index contributed by atoms with van der Waals surface area (Å²) in [5, 5.41) is 13.6. The van der Waals surface area contributed by atoms with Gasteiger partial charge in [0.25, 0.3) is 5.91 Å². The minimum atomic E-state index is -0.850. The van der Waals surface area contributed by atoms with Crippen LogP contribution in [0.1, 0.15) is 29.0 Å². The molecular weight excluding hydrogens is 322 g/mol. The first-order valence-electron chi connectivity index (χ1n) is 8.22. The van der Waals surface area contributed by atoms with Crippen molar-refractivity contribution < 1.29 is 19.4 Å². The number of nitrogens with zero attached hydrogens (tertiary/aromatic N) is 3. The van der Waals surface area contributed by atoms with Gasteiger partial charge in [-0.25, -0.2) is 4.68 Å². The standard InChI is InChI=1S/C18H21N3O4/c1-12-10-16(17(22)20-9-3-4-13(11-20)18(23)24)19-21(12)14-5-7-15(25-2)8-6-14/h5-8,10,13H,3-4,9,11H2,1-2H3,(H,23,24). The van der Waals surface area contributed by atoms with Gasteiger partial charge in [0.05, 0.1) is 18.7 Å². The molecule has 1 amide bonds. The number of hydrogen-bond acceptors (Lipinski definition) is 4. The molecule has 1 N–H and O–H groups in total. The number of carbonyl (C=O) groups is 2. The van der Waals surface area contributed by atoms with E-state index in [0.29, 0.717) is 25.1 Å². The molecule has 3 rings (SSSR count). The zero-order chi connectivity index (χ0) is 18.0. The number of hydrogen-bond donors (Lipinski definition) is 1. The highest BCUT2D eigenvalue weighted by molar-refractivity contribution is 5.93. The third-order valence-electron chi connectivity index (χ3n) is 4.48. The van der Waals surface area contributed by atoms with Gasteiger partial charge in [-0.15, -0.1) is 0 Å². The number of aliphatic carboxylic acids is 1. The van der Waals surface area contributed by atoms with Crippen molar-refractivity contribution in [3.63, 3.8) is 0 Å². The van der Waals surface area contributed by atoms with Crippen molar-refractivity contribution >= 4 is 11.9 Å². The van der Waals surface area contributed by atoms with Crippen LogP contribution in [0.2, 0.25) is 0 Å². The number of benzene rings is 1. The van der Waals surface area contributed by atoms with E-state index in [-0.39, 0.29) is 12.5 Å². The maximum Gasteiger partial charge on any atom is 0.308 e. The maximum atomic E-state index is 12.7. The number of rotatable bonds is 4. The van der Waals surface area contributed by atoms with E-state index in [2.05, 4.69) is 5.10 Å². The van der Waals surface area contributed by atoms with Crippen molar-refractivity contribution in [2.24, 2.45) is 5.92 Å². The summed E-state index contributed by atoms with van der Waals surface area (Å²) in [6, 6.07) is 9.14. The predicted octanol–water partition coefficient (Wildman–Crippen LogP) is 2.13. The van der Waals surface area contributed by atoms with Gasteiger partial charge in [0.2, 0.25) is 0 Å². The topological polar surface area (TPSA) is 84.7 Å². The quantitative estimate of drug-likeness (QED) is 0.919. The van der Waals surface area contributed by atoms with E-state index in [9.17, 15) is 14.7 Å². The fourth-order valence-corrected chi connectivity index (χ4v) is 3.09. The van der Waals surface area contributed by atoms with Crippen LogP contribution in [-0.4, -0.2) is 51.9 Å². The molecule has 1 aliphatic heterocycles. The van der Waals surface area contributed by atoms with Gasteiger partial charge in [-0.1, -0.05) is 0 Å². The summed E-state index contributed by atoms with van der Waals surface area (Å²) in [6.45, 7) is 2.68. The van der Waals surface area contributed by atoms with Crippen molar-refractivity contribution in [2.45, 2.75) is 19.8 Å². The Bertz CT molecular complexity index is 782. The van der Waals surface area contributed by atoms with Crippen LogP contribution in [0.4, 0.5) is 0 Å². The Labute approximate surface area is 145 Å². The normalized spacial score (nSPS) is 17.4.